The number of pyridine rings is 1. The Hall–Kier alpha value is -3.32. The van der Waals surface area contributed by atoms with Crippen molar-refractivity contribution in [2.45, 2.75) is 19.9 Å². The highest BCUT2D eigenvalue weighted by Gasteiger charge is 2.48. The molecule has 1 amide bonds. The highest BCUT2D eigenvalue weighted by Crippen LogP contribution is 2.42. The molecule has 1 unspecified atom stereocenters. The number of aliphatic hydroxyl groups excluding tert-OH is 1. The summed E-state index contributed by atoms with van der Waals surface area (Å²) < 4.78 is 0. The Labute approximate surface area is 165 Å². The Kier molecular flexibility index (Phi) is 4.52. The molecule has 0 bridgehead atoms. The first-order valence-corrected chi connectivity index (χ1v) is 9.55. The van der Waals surface area contributed by atoms with Gasteiger partial charge in [-0.05, 0) is 43.2 Å². The van der Waals surface area contributed by atoms with E-state index in [2.05, 4.69) is 9.97 Å². The van der Waals surface area contributed by atoms with Crippen LogP contribution in [0.2, 0.25) is 0 Å². The van der Waals surface area contributed by atoms with Crippen molar-refractivity contribution in [1.29, 1.82) is 0 Å². The third kappa shape index (κ3) is 2.90. The van der Waals surface area contributed by atoms with E-state index in [1.807, 2.05) is 32.0 Å². The zero-order chi connectivity index (χ0) is 19.8. The van der Waals surface area contributed by atoms with Gasteiger partial charge in [0, 0.05) is 29.5 Å². The normalized spacial score (nSPS) is 18.6. The van der Waals surface area contributed by atoms with E-state index in [4.69, 9.17) is 0 Å². The molecule has 1 aromatic carbocycles. The van der Waals surface area contributed by atoms with Gasteiger partial charge in [-0.25, -0.2) is 4.98 Å². The van der Waals surface area contributed by atoms with E-state index in [1.54, 1.807) is 36.1 Å². The van der Waals surface area contributed by atoms with Crippen LogP contribution in [0.5, 0.6) is 0 Å². The summed E-state index contributed by atoms with van der Waals surface area (Å²) in [4.78, 5) is 35.4. The number of benzene rings is 1. The summed E-state index contributed by atoms with van der Waals surface area (Å²) in [6.07, 6.45) is 4.76. The Morgan fingerprint density at radius 3 is 2.54 bits per heavy atom. The average Bonchev–Trinajstić information content (AvgIpc) is 3.31. The minimum atomic E-state index is -0.769. The largest absolute Gasteiger partial charge is 0.507 e. The maximum atomic E-state index is 13.0. The zero-order valence-electron chi connectivity index (χ0n) is 15.3. The van der Waals surface area contributed by atoms with E-state index in [1.165, 1.54) is 16.2 Å². The van der Waals surface area contributed by atoms with E-state index in [0.717, 1.165) is 11.1 Å². The fourth-order valence-corrected chi connectivity index (χ4v) is 4.03. The van der Waals surface area contributed by atoms with Gasteiger partial charge < -0.3 is 5.11 Å². The van der Waals surface area contributed by atoms with Crippen LogP contribution in [0.1, 0.15) is 28.3 Å². The molecule has 4 rings (SSSR count). The second-order valence-electron chi connectivity index (χ2n) is 6.58. The number of anilines is 1. The number of thiazole rings is 1. The summed E-state index contributed by atoms with van der Waals surface area (Å²) >= 11 is 1.26. The van der Waals surface area contributed by atoms with Crippen molar-refractivity contribution in [2.75, 3.05) is 4.90 Å². The van der Waals surface area contributed by atoms with Gasteiger partial charge in [-0.15, -0.1) is 11.3 Å². The molecule has 28 heavy (non-hydrogen) atoms. The molecule has 140 valence electrons. The first kappa shape index (κ1) is 18.1. The number of hydrogen-bond acceptors (Lipinski definition) is 6. The molecular formula is C21H17N3O3S. The number of aryl methyl sites for hydroxylation is 2. The molecule has 2 aromatic heterocycles. The Morgan fingerprint density at radius 2 is 1.86 bits per heavy atom. The van der Waals surface area contributed by atoms with E-state index in [9.17, 15) is 14.7 Å². The molecular weight excluding hydrogens is 374 g/mol. The standard InChI is InChI=1S/C21H17N3O3S/c1-12-3-4-13(2)15(11-12)18(25)16-17(14-5-7-22-8-6-14)24(20(27)19(16)26)21-23-9-10-28-21/h3-11,17,25H,1-2H3. The SMILES string of the molecule is Cc1ccc(C)c(C(O)=C2C(=O)C(=O)N(c3nccs3)C2c2ccncc2)c1. The maximum Gasteiger partial charge on any atom is 0.301 e. The Morgan fingerprint density at radius 1 is 1.11 bits per heavy atom. The number of rotatable bonds is 3. The summed E-state index contributed by atoms with van der Waals surface area (Å²) in [5.41, 5.74) is 3.03. The van der Waals surface area contributed by atoms with Gasteiger partial charge in [0.2, 0.25) is 0 Å². The molecule has 0 spiro atoms. The lowest BCUT2D eigenvalue weighted by Gasteiger charge is -2.23. The number of hydrogen-bond donors (Lipinski definition) is 1. The van der Waals surface area contributed by atoms with Crippen LogP contribution < -0.4 is 4.90 Å². The third-order valence-corrected chi connectivity index (χ3v) is 5.51. The van der Waals surface area contributed by atoms with Crippen molar-refractivity contribution in [3.8, 4) is 0 Å². The fraction of sp³-hybridized carbons (Fsp3) is 0.143. The van der Waals surface area contributed by atoms with Crippen molar-refractivity contribution < 1.29 is 14.7 Å². The number of ketones is 1. The second kappa shape index (κ2) is 7.01. The van der Waals surface area contributed by atoms with Gasteiger partial charge >= 0.3 is 5.91 Å². The first-order chi connectivity index (χ1) is 13.5. The topological polar surface area (TPSA) is 83.4 Å². The summed E-state index contributed by atoms with van der Waals surface area (Å²) in [5, 5.41) is 13.3. The van der Waals surface area contributed by atoms with Crippen molar-refractivity contribution in [3.05, 3.63) is 82.1 Å². The number of aromatic nitrogens is 2. The number of Topliss-reactive ketones (excluding diaryl/α,β-unsaturated/α-hetero) is 1. The number of amides is 1. The molecule has 7 heteroatoms. The summed E-state index contributed by atoms with van der Waals surface area (Å²) in [7, 11) is 0. The van der Waals surface area contributed by atoms with E-state index in [0.29, 0.717) is 16.3 Å². The van der Waals surface area contributed by atoms with Gasteiger partial charge in [-0.1, -0.05) is 17.7 Å². The highest BCUT2D eigenvalue weighted by atomic mass is 32.1. The molecule has 1 aliphatic heterocycles. The molecule has 0 saturated carbocycles. The second-order valence-corrected chi connectivity index (χ2v) is 7.46. The van der Waals surface area contributed by atoms with Gasteiger partial charge in [0.1, 0.15) is 5.76 Å². The molecule has 1 atom stereocenters. The Balaban J connectivity index is 1.97. The van der Waals surface area contributed by atoms with Crippen LogP contribution in [0.15, 0.2) is 59.9 Å². The molecule has 6 nitrogen and oxygen atoms in total. The predicted molar refractivity (Wildman–Crippen MR) is 107 cm³/mol. The predicted octanol–water partition coefficient (Wildman–Crippen LogP) is 3.78. The van der Waals surface area contributed by atoms with Crippen molar-refractivity contribution in [2.24, 2.45) is 0 Å². The molecule has 3 aromatic rings. The fourth-order valence-electron chi connectivity index (χ4n) is 3.36. The van der Waals surface area contributed by atoms with Crippen LogP contribution in [0.4, 0.5) is 5.13 Å². The Bertz CT molecular complexity index is 1090. The van der Waals surface area contributed by atoms with Gasteiger partial charge in [-0.3, -0.25) is 19.5 Å². The quantitative estimate of drug-likeness (QED) is 0.417. The van der Waals surface area contributed by atoms with Crippen LogP contribution in [0, 0.1) is 13.8 Å². The molecule has 1 aliphatic rings. The minimum Gasteiger partial charge on any atom is -0.507 e. The van der Waals surface area contributed by atoms with Gasteiger partial charge in [0.25, 0.3) is 5.78 Å². The molecule has 0 aliphatic carbocycles. The van der Waals surface area contributed by atoms with Crippen LogP contribution in [-0.4, -0.2) is 26.8 Å². The van der Waals surface area contributed by atoms with Crippen LogP contribution in [0.3, 0.4) is 0 Å². The molecule has 1 N–H and O–H groups in total. The number of aliphatic hydroxyl groups is 1. The summed E-state index contributed by atoms with van der Waals surface area (Å²) in [5.74, 6) is -1.61. The first-order valence-electron chi connectivity index (χ1n) is 8.67. The average molecular weight is 391 g/mol. The van der Waals surface area contributed by atoms with Crippen LogP contribution in [0.25, 0.3) is 5.76 Å². The smallest absolute Gasteiger partial charge is 0.301 e. The van der Waals surface area contributed by atoms with E-state index >= 15 is 0 Å². The van der Waals surface area contributed by atoms with Gasteiger partial charge in [0.15, 0.2) is 5.13 Å². The lowest BCUT2D eigenvalue weighted by molar-refractivity contribution is -0.132. The molecule has 0 radical (unpaired) electrons. The monoisotopic (exact) mass is 391 g/mol. The van der Waals surface area contributed by atoms with Crippen molar-refractivity contribution in [1.82, 2.24) is 9.97 Å². The molecule has 3 heterocycles. The molecule has 1 saturated heterocycles. The molecule has 1 fully saturated rings. The minimum absolute atomic E-state index is 0.0556. The van der Waals surface area contributed by atoms with Crippen LogP contribution >= 0.6 is 11.3 Å². The lowest BCUT2D eigenvalue weighted by atomic mass is 9.94. The lowest BCUT2D eigenvalue weighted by Crippen LogP contribution is -2.29. The summed E-state index contributed by atoms with van der Waals surface area (Å²) in [6, 6.07) is 8.31. The van der Waals surface area contributed by atoms with Crippen LogP contribution in [-0.2, 0) is 9.59 Å². The third-order valence-electron chi connectivity index (χ3n) is 4.74. The van der Waals surface area contributed by atoms with Crippen molar-refractivity contribution in [3.63, 3.8) is 0 Å². The van der Waals surface area contributed by atoms with E-state index in [-0.39, 0.29) is 11.3 Å². The van der Waals surface area contributed by atoms with Crippen molar-refractivity contribution >= 4 is 33.9 Å². The number of carbonyl (C=O) groups is 2. The maximum absolute atomic E-state index is 13.0. The van der Waals surface area contributed by atoms with Gasteiger partial charge in [-0.2, -0.15) is 0 Å². The highest BCUT2D eigenvalue weighted by molar-refractivity contribution is 7.14. The number of carbonyl (C=O) groups excluding carboxylic acids is 2. The van der Waals surface area contributed by atoms with E-state index < -0.39 is 17.7 Å². The number of nitrogens with zero attached hydrogens (tertiary/aromatic N) is 3. The zero-order valence-corrected chi connectivity index (χ0v) is 16.1. The summed E-state index contributed by atoms with van der Waals surface area (Å²) in [6.45, 7) is 3.76. The van der Waals surface area contributed by atoms with Gasteiger partial charge in [0.05, 0.1) is 11.6 Å².